The fraction of sp³-hybridized carbons (Fsp3) is 0.600. The molecule has 0 aliphatic carbocycles. The third kappa shape index (κ3) is 2.56. The maximum absolute atomic E-state index is 11.8. The summed E-state index contributed by atoms with van der Waals surface area (Å²) < 4.78 is 1.68. The molecule has 3 N–H and O–H groups in total. The van der Waals surface area contributed by atoms with Crippen molar-refractivity contribution < 1.29 is 4.79 Å². The van der Waals surface area contributed by atoms with Crippen molar-refractivity contribution in [3.8, 4) is 0 Å². The lowest BCUT2D eigenvalue weighted by atomic mass is 9.99. The Kier molecular flexibility index (Phi) is 3.47. The van der Waals surface area contributed by atoms with E-state index >= 15 is 0 Å². The minimum atomic E-state index is -0.346. The summed E-state index contributed by atoms with van der Waals surface area (Å²) in [5, 5.41) is 2.91. The van der Waals surface area contributed by atoms with E-state index in [1.165, 1.54) is 0 Å². The highest BCUT2D eigenvalue weighted by atomic mass is 16.2. The Bertz CT molecular complexity index is 341. The van der Waals surface area contributed by atoms with Gasteiger partial charge >= 0.3 is 0 Å². The zero-order valence-corrected chi connectivity index (χ0v) is 9.45. The Hall–Kier alpha value is -1.36. The van der Waals surface area contributed by atoms with Crippen LogP contribution in [0, 0.1) is 0 Å². The standard InChI is InChI=1S/C10H18N4O/c1-4-10(2,6-11)13-9(15)8-5-12-7-14(8)3/h5,7H,4,6,11H2,1-3H3,(H,13,15). The zero-order valence-electron chi connectivity index (χ0n) is 9.45. The highest BCUT2D eigenvalue weighted by molar-refractivity contribution is 5.92. The average molecular weight is 210 g/mol. The molecule has 0 saturated carbocycles. The smallest absolute Gasteiger partial charge is 0.270 e. The summed E-state index contributed by atoms with van der Waals surface area (Å²) in [6.45, 7) is 4.35. The number of aromatic nitrogens is 2. The quantitative estimate of drug-likeness (QED) is 0.749. The second-order valence-corrected chi connectivity index (χ2v) is 3.96. The summed E-state index contributed by atoms with van der Waals surface area (Å²) >= 11 is 0. The third-order valence-electron chi connectivity index (χ3n) is 2.70. The Balaban J connectivity index is 2.76. The van der Waals surface area contributed by atoms with Crippen molar-refractivity contribution in [2.75, 3.05) is 6.54 Å². The molecule has 0 fully saturated rings. The van der Waals surface area contributed by atoms with E-state index in [4.69, 9.17) is 5.73 Å². The fourth-order valence-electron chi connectivity index (χ4n) is 1.20. The first-order valence-electron chi connectivity index (χ1n) is 5.01. The van der Waals surface area contributed by atoms with Crippen LogP contribution in [0.25, 0.3) is 0 Å². The molecular formula is C10H18N4O. The maximum Gasteiger partial charge on any atom is 0.270 e. The first-order valence-corrected chi connectivity index (χ1v) is 5.01. The number of nitrogens with zero attached hydrogens (tertiary/aromatic N) is 2. The fourth-order valence-corrected chi connectivity index (χ4v) is 1.20. The first-order chi connectivity index (χ1) is 7.02. The minimum absolute atomic E-state index is 0.134. The number of carbonyl (C=O) groups is 1. The average Bonchev–Trinajstić information content (AvgIpc) is 2.64. The van der Waals surface area contributed by atoms with Gasteiger partial charge in [0.05, 0.1) is 12.5 Å². The molecule has 1 amide bonds. The SMILES string of the molecule is CCC(C)(CN)NC(=O)c1cncn1C. The van der Waals surface area contributed by atoms with Crippen molar-refractivity contribution in [1.29, 1.82) is 0 Å². The molecule has 0 radical (unpaired) electrons. The van der Waals surface area contributed by atoms with Gasteiger partial charge in [-0.05, 0) is 13.3 Å². The highest BCUT2D eigenvalue weighted by Crippen LogP contribution is 2.08. The summed E-state index contributed by atoms with van der Waals surface area (Å²) in [6.07, 6.45) is 3.94. The molecule has 15 heavy (non-hydrogen) atoms. The van der Waals surface area contributed by atoms with Crippen molar-refractivity contribution in [3.63, 3.8) is 0 Å². The number of aryl methyl sites for hydroxylation is 1. The molecule has 0 aliphatic rings. The van der Waals surface area contributed by atoms with Gasteiger partial charge in [0.25, 0.3) is 5.91 Å². The Labute approximate surface area is 89.7 Å². The number of rotatable bonds is 4. The van der Waals surface area contributed by atoms with Gasteiger partial charge in [-0.3, -0.25) is 4.79 Å². The minimum Gasteiger partial charge on any atom is -0.344 e. The molecule has 5 heteroatoms. The molecule has 0 aliphatic heterocycles. The predicted molar refractivity (Wildman–Crippen MR) is 58.4 cm³/mol. The largest absolute Gasteiger partial charge is 0.344 e. The highest BCUT2D eigenvalue weighted by Gasteiger charge is 2.23. The van der Waals surface area contributed by atoms with Gasteiger partial charge < -0.3 is 15.6 Å². The summed E-state index contributed by atoms with van der Waals surface area (Å²) in [5.41, 5.74) is 5.82. The van der Waals surface area contributed by atoms with Crippen molar-refractivity contribution in [2.45, 2.75) is 25.8 Å². The summed E-state index contributed by atoms with van der Waals surface area (Å²) in [7, 11) is 1.79. The Morgan fingerprint density at radius 1 is 1.73 bits per heavy atom. The first kappa shape index (κ1) is 11.7. The van der Waals surface area contributed by atoms with Gasteiger partial charge in [0, 0.05) is 19.1 Å². The van der Waals surface area contributed by atoms with Crippen molar-refractivity contribution in [1.82, 2.24) is 14.9 Å². The molecule has 1 unspecified atom stereocenters. The van der Waals surface area contributed by atoms with E-state index in [9.17, 15) is 4.79 Å². The van der Waals surface area contributed by atoms with Gasteiger partial charge in [-0.2, -0.15) is 0 Å². The molecular weight excluding hydrogens is 192 g/mol. The van der Waals surface area contributed by atoms with E-state index < -0.39 is 0 Å². The second-order valence-electron chi connectivity index (χ2n) is 3.96. The summed E-state index contributed by atoms with van der Waals surface area (Å²) in [4.78, 5) is 15.7. The number of carbonyl (C=O) groups excluding carboxylic acids is 1. The number of imidazole rings is 1. The van der Waals surface area contributed by atoms with E-state index in [1.54, 1.807) is 24.1 Å². The van der Waals surface area contributed by atoms with E-state index in [-0.39, 0.29) is 11.4 Å². The van der Waals surface area contributed by atoms with E-state index in [2.05, 4.69) is 10.3 Å². The van der Waals surface area contributed by atoms with Crippen LogP contribution in [0.4, 0.5) is 0 Å². The van der Waals surface area contributed by atoms with Crippen LogP contribution in [0.1, 0.15) is 30.8 Å². The number of hydrogen-bond acceptors (Lipinski definition) is 3. The molecule has 0 bridgehead atoms. The van der Waals surface area contributed by atoms with Crippen LogP contribution in [0.5, 0.6) is 0 Å². The zero-order chi connectivity index (χ0) is 11.5. The lowest BCUT2D eigenvalue weighted by Gasteiger charge is -2.27. The second kappa shape index (κ2) is 4.44. The van der Waals surface area contributed by atoms with Crippen LogP contribution < -0.4 is 11.1 Å². The lowest BCUT2D eigenvalue weighted by Crippen LogP contribution is -2.51. The van der Waals surface area contributed by atoms with Crippen molar-refractivity contribution >= 4 is 5.91 Å². The number of nitrogens with one attached hydrogen (secondary N) is 1. The van der Waals surface area contributed by atoms with Gasteiger partial charge in [0.1, 0.15) is 5.69 Å². The van der Waals surface area contributed by atoms with E-state index in [1.807, 2.05) is 13.8 Å². The van der Waals surface area contributed by atoms with Crippen LogP contribution in [-0.4, -0.2) is 27.5 Å². The van der Waals surface area contributed by atoms with Crippen LogP contribution in [0.15, 0.2) is 12.5 Å². The third-order valence-corrected chi connectivity index (χ3v) is 2.70. The van der Waals surface area contributed by atoms with E-state index in [0.717, 1.165) is 6.42 Å². The molecule has 1 aromatic heterocycles. The Morgan fingerprint density at radius 3 is 2.80 bits per heavy atom. The number of hydrogen-bond donors (Lipinski definition) is 2. The molecule has 1 atom stereocenters. The predicted octanol–water partition coefficient (Wildman–Crippen LogP) is 0.277. The Morgan fingerprint density at radius 2 is 2.40 bits per heavy atom. The van der Waals surface area contributed by atoms with Gasteiger partial charge in [-0.15, -0.1) is 0 Å². The van der Waals surface area contributed by atoms with Gasteiger partial charge in [-0.25, -0.2) is 4.98 Å². The van der Waals surface area contributed by atoms with Crippen LogP contribution >= 0.6 is 0 Å². The summed E-state index contributed by atoms with van der Waals surface area (Å²) in [5.74, 6) is -0.134. The molecule has 84 valence electrons. The number of nitrogens with two attached hydrogens (primary N) is 1. The molecule has 5 nitrogen and oxygen atoms in total. The monoisotopic (exact) mass is 210 g/mol. The van der Waals surface area contributed by atoms with E-state index in [0.29, 0.717) is 12.2 Å². The van der Waals surface area contributed by atoms with Gasteiger partial charge in [-0.1, -0.05) is 6.92 Å². The van der Waals surface area contributed by atoms with Crippen molar-refractivity contribution in [3.05, 3.63) is 18.2 Å². The molecule has 1 aromatic rings. The van der Waals surface area contributed by atoms with Gasteiger partial charge in [0.2, 0.25) is 0 Å². The van der Waals surface area contributed by atoms with Crippen LogP contribution in [0.2, 0.25) is 0 Å². The van der Waals surface area contributed by atoms with Gasteiger partial charge in [0.15, 0.2) is 0 Å². The maximum atomic E-state index is 11.8. The lowest BCUT2D eigenvalue weighted by molar-refractivity contribution is 0.0898. The van der Waals surface area contributed by atoms with Crippen LogP contribution in [0.3, 0.4) is 0 Å². The molecule has 1 heterocycles. The summed E-state index contributed by atoms with van der Waals surface area (Å²) in [6, 6.07) is 0. The normalized spacial score (nSPS) is 14.7. The molecule has 0 spiro atoms. The van der Waals surface area contributed by atoms with Crippen molar-refractivity contribution in [2.24, 2.45) is 12.8 Å². The molecule has 0 saturated heterocycles. The molecule has 0 aromatic carbocycles. The number of amides is 1. The molecule has 1 rings (SSSR count). The van der Waals surface area contributed by atoms with Crippen LogP contribution in [-0.2, 0) is 7.05 Å². The topological polar surface area (TPSA) is 72.9 Å².